The lowest BCUT2D eigenvalue weighted by molar-refractivity contribution is 0.568. The van der Waals surface area contributed by atoms with Gasteiger partial charge < -0.3 is 4.42 Å². The van der Waals surface area contributed by atoms with Gasteiger partial charge in [0.15, 0.2) is 0 Å². The first-order valence-electron chi connectivity index (χ1n) is 3.25. The Morgan fingerprint density at radius 1 is 1.42 bits per heavy atom. The highest BCUT2D eigenvalue weighted by Crippen LogP contribution is 2.22. The Hall–Kier alpha value is -1.42. The van der Waals surface area contributed by atoms with Gasteiger partial charge in [-0.15, -0.1) is 10.2 Å². The van der Waals surface area contributed by atoms with Crippen LogP contribution >= 0.6 is 11.6 Å². The van der Waals surface area contributed by atoms with E-state index in [1.807, 2.05) is 0 Å². The smallest absolute Gasteiger partial charge is 0.250 e. The second kappa shape index (κ2) is 2.91. The highest BCUT2D eigenvalue weighted by molar-refractivity contribution is 6.31. The molecule has 0 saturated heterocycles. The van der Waals surface area contributed by atoms with E-state index in [4.69, 9.17) is 16.0 Å². The van der Waals surface area contributed by atoms with Crippen molar-refractivity contribution >= 4 is 11.6 Å². The second-order valence-corrected chi connectivity index (χ2v) is 2.44. The fourth-order valence-electron chi connectivity index (χ4n) is 0.836. The largest absolute Gasteiger partial charge is 0.423 e. The van der Waals surface area contributed by atoms with Crippen LogP contribution in [0.1, 0.15) is 0 Å². The number of nitrogens with zero attached hydrogens (tertiary/aromatic N) is 3. The lowest BCUT2D eigenvalue weighted by atomic mass is 10.3. The van der Waals surface area contributed by atoms with Crippen LogP contribution in [0.5, 0.6) is 0 Å². The minimum atomic E-state index is 0.363. The summed E-state index contributed by atoms with van der Waals surface area (Å²) in [6, 6.07) is 3.52. The molecule has 2 rings (SSSR count). The Balaban J connectivity index is 2.55. The van der Waals surface area contributed by atoms with Crippen LogP contribution in [-0.4, -0.2) is 15.2 Å². The average Bonchev–Trinajstić information content (AvgIpc) is 2.57. The van der Waals surface area contributed by atoms with E-state index in [9.17, 15) is 0 Å². The van der Waals surface area contributed by atoms with Gasteiger partial charge in [0.2, 0.25) is 6.39 Å². The van der Waals surface area contributed by atoms with E-state index in [-0.39, 0.29) is 0 Å². The lowest BCUT2D eigenvalue weighted by Crippen LogP contribution is -1.81. The summed E-state index contributed by atoms with van der Waals surface area (Å²) >= 11 is 5.78. The zero-order chi connectivity index (χ0) is 8.39. The van der Waals surface area contributed by atoms with Gasteiger partial charge in [0.25, 0.3) is 5.89 Å². The van der Waals surface area contributed by atoms with Crippen molar-refractivity contribution in [2.45, 2.75) is 0 Å². The molecule has 2 heterocycles. The number of aromatic nitrogens is 3. The van der Waals surface area contributed by atoms with Gasteiger partial charge in [0.05, 0.1) is 5.56 Å². The molecule has 2 aromatic rings. The van der Waals surface area contributed by atoms with Crippen molar-refractivity contribution in [2.24, 2.45) is 0 Å². The molecule has 0 atom stereocenters. The van der Waals surface area contributed by atoms with Crippen molar-refractivity contribution in [1.82, 2.24) is 15.2 Å². The summed E-state index contributed by atoms with van der Waals surface area (Å²) in [7, 11) is 0. The predicted molar refractivity (Wildman–Crippen MR) is 42.5 cm³/mol. The van der Waals surface area contributed by atoms with Crippen LogP contribution in [0.15, 0.2) is 29.1 Å². The summed E-state index contributed by atoms with van der Waals surface area (Å²) in [5.41, 5.74) is 0.650. The van der Waals surface area contributed by atoms with Crippen LogP contribution in [0, 0.1) is 0 Å². The summed E-state index contributed by atoms with van der Waals surface area (Å²) in [5, 5.41) is 7.61. The van der Waals surface area contributed by atoms with Crippen molar-refractivity contribution in [2.75, 3.05) is 0 Å². The molecule has 0 aliphatic rings. The summed E-state index contributed by atoms with van der Waals surface area (Å²) < 4.78 is 4.95. The maximum atomic E-state index is 5.78. The van der Waals surface area contributed by atoms with E-state index in [2.05, 4.69) is 15.2 Å². The molecule has 0 radical (unpaired) electrons. The van der Waals surface area contributed by atoms with Crippen molar-refractivity contribution in [3.63, 3.8) is 0 Å². The maximum absolute atomic E-state index is 5.78. The molecule has 2 aromatic heterocycles. The molecule has 60 valence electrons. The van der Waals surface area contributed by atoms with Crippen LogP contribution in [0.2, 0.25) is 5.15 Å². The average molecular weight is 182 g/mol. The molecule has 0 aliphatic heterocycles. The van der Waals surface area contributed by atoms with Gasteiger partial charge in [0.1, 0.15) is 5.15 Å². The summed E-state index contributed by atoms with van der Waals surface area (Å²) in [6.07, 6.45) is 2.85. The lowest BCUT2D eigenvalue weighted by Gasteiger charge is -1.94. The van der Waals surface area contributed by atoms with Crippen molar-refractivity contribution in [3.05, 3.63) is 29.9 Å². The summed E-state index contributed by atoms with van der Waals surface area (Å²) in [4.78, 5) is 3.87. The zero-order valence-corrected chi connectivity index (χ0v) is 6.69. The van der Waals surface area contributed by atoms with Crippen LogP contribution < -0.4 is 0 Å². The van der Waals surface area contributed by atoms with Gasteiger partial charge in [-0.1, -0.05) is 11.6 Å². The molecule has 0 unspecified atom stereocenters. The molecule has 0 aliphatic carbocycles. The summed E-state index contributed by atoms with van der Waals surface area (Å²) in [6.45, 7) is 0. The van der Waals surface area contributed by atoms with Gasteiger partial charge in [0, 0.05) is 6.20 Å². The molecule has 4 nitrogen and oxygen atoms in total. The van der Waals surface area contributed by atoms with Crippen molar-refractivity contribution in [3.8, 4) is 11.5 Å². The molecule has 0 spiro atoms. The zero-order valence-electron chi connectivity index (χ0n) is 5.94. The predicted octanol–water partition coefficient (Wildman–Crippen LogP) is 1.78. The number of rotatable bonds is 1. The van der Waals surface area contributed by atoms with Crippen LogP contribution in [0.3, 0.4) is 0 Å². The minimum Gasteiger partial charge on any atom is -0.423 e. The fourth-order valence-corrected chi connectivity index (χ4v) is 1.04. The molecule has 0 bridgehead atoms. The van der Waals surface area contributed by atoms with Gasteiger partial charge >= 0.3 is 0 Å². The quantitative estimate of drug-likeness (QED) is 0.630. The molecule has 0 N–H and O–H groups in total. The SMILES string of the molecule is Clc1ncccc1-c1nnco1. The Labute approximate surface area is 73.2 Å². The maximum Gasteiger partial charge on any atom is 0.250 e. The number of hydrogen-bond acceptors (Lipinski definition) is 4. The van der Waals surface area contributed by atoms with Crippen molar-refractivity contribution in [1.29, 1.82) is 0 Å². The first-order valence-corrected chi connectivity index (χ1v) is 3.63. The van der Waals surface area contributed by atoms with E-state index in [0.717, 1.165) is 0 Å². The van der Waals surface area contributed by atoms with E-state index in [1.165, 1.54) is 6.39 Å². The topological polar surface area (TPSA) is 51.8 Å². The van der Waals surface area contributed by atoms with Crippen molar-refractivity contribution < 1.29 is 4.42 Å². The molecule has 0 saturated carbocycles. The number of halogens is 1. The fraction of sp³-hybridized carbons (Fsp3) is 0. The standard InChI is InChI=1S/C7H4ClN3O/c8-6-5(2-1-3-9-6)7-11-10-4-12-7/h1-4H. The molecule has 0 fully saturated rings. The summed E-state index contributed by atoms with van der Waals surface area (Å²) in [5.74, 6) is 0.383. The van der Waals surface area contributed by atoms with Gasteiger partial charge in [-0.3, -0.25) is 0 Å². The second-order valence-electron chi connectivity index (χ2n) is 2.09. The van der Waals surface area contributed by atoms with E-state index in [0.29, 0.717) is 16.6 Å². The van der Waals surface area contributed by atoms with Gasteiger partial charge in [-0.05, 0) is 12.1 Å². The minimum absolute atomic E-state index is 0.363. The Morgan fingerprint density at radius 2 is 2.33 bits per heavy atom. The van der Waals surface area contributed by atoms with Gasteiger partial charge in [-0.25, -0.2) is 4.98 Å². The van der Waals surface area contributed by atoms with E-state index >= 15 is 0 Å². The Bertz CT molecular complexity index is 374. The third kappa shape index (κ3) is 1.16. The highest BCUT2D eigenvalue weighted by Gasteiger charge is 2.07. The molecule has 5 heteroatoms. The van der Waals surface area contributed by atoms with Crippen LogP contribution in [-0.2, 0) is 0 Å². The number of hydrogen-bond donors (Lipinski definition) is 0. The third-order valence-corrected chi connectivity index (χ3v) is 1.65. The highest BCUT2D eigenvalue weighted by atomic mass is 35.5. The van der Waals surface area contributed by atoms with Crippen LogP contribution in [0.25, 0.3) is 11.5 Å². The first-order chi connectivity index (χ1) is 5.88. The van der Waals surface area contributed by atoms with E-state index in [1.54, 1.807) is 18.3 Å². The Kier molecular flexibility index (Phi) is 1.75. The van der Waals surface area contributed by atoms with E-state index < -0.39 is 0 Å². The molecular weight excluding hydrogens is 178 g/mol. The van der Waals surface area contributed by atoms with Gasteiger partial charge in [-0.2, -0.15) is 0 Å². The van der Waals surface area contributed by atoms with Crippen LogP contribution in [0.4, 0.5) is 0 Å². The third-order valence-electron chi connectivity index (χ3n) is 1.35. The monoisotopic (exact) mass is 181 g/mol. The molecule has 0 aromatic carbocycles. The molecule has 12 heavy (non-hydrogen) atoms. The first kappa shape index (κ1) is 7.24. The Morgan fingerprint density at radius 3 is 3.00 bits per heavy atom. The number of pyridine rings is 1. The normalized spacial score (nSPS) is 10.1. The molecule has 0 amide bonds. The molecular formula is C7H4ClN3O.